The Labute approximate surface area is 151 Å². The Balaban J connectivity index is 1.98. The van der Waals surface area contributed by atoms with Crippen LogP contribution in [0.2, 0.25) is 0 Å². The van der Waals surface area contributed by atoms with Gasteiger partial charge in [0.25, 0.3) is 0 Å². The lowest BCUT2D eigenvalue weighted by molar-refractivity contribution is -0.126. The predicted molar refractivity (Wildman–Crippen MR) is 96.6 cm³/mol. The summed E-state index contributed by atoms with van der Waals surface area (Å²) in [6.07, 6.45) is 0.814. The fourth-order valence-corrected chi connectivity index (χ4v) is 2.69. The zero-order valence-corrected chi connectivity index (χ0v) is 14.8. The van der Waals surface area contributed by atoms with E-state index in [0.29, 0.717) is 0 Å². The fourth-order valence-electron chi connectivity index (χ4n) is 2.69. The SMILES string of the molecule is CC[C@@H](C)[C@H](C(=O)NCC(=O)Nc1ccc(F)c(F)c1)c1ccccc1. The second kappa shape index (κ2) is 9.08. The second-order valence-electron chi connectivity index (χ2n) is 6.17. The van der Waals surface area contributed by atoms with E-state index in [9.17, 15) is 18.4 Å². The first-order valence-corrected chi connectivity index (χ1v) is 8.50. The number of halogens is 2. The summed E-state index contributed by atoms with van der Waals surface area (Å²) in [6.45, 7) is 3.74. The lowest BCUT2D eigenvalue weighted by Gasteiger charge is -2.22. The number of carbonyl (C=O) groups is 2. The summed E-state index contributed by atoms with van der Waals surface area (Å²) in [4.78, 5) is 24.6. The normalized spacial score (nSPS) is 12.9. The van der Waals surface area contributed by atoms with Gasteiger partial charge in [-0.05, 0) is 23.6 Å². The Hall–Kier alpha value is -2.76. The summed E-state index contributed by atoms with van der Waals surface area (Å²) < 4.78 is 26.1. The van der Waals surface area contributed by atoms with Crippen molar-refractivity contribution in [2.75, 3.05) is 11.9 Å². The van der Waals surface area contributed by atoms with Gasteiger partial charge in [-0.15, -0.1) is 0 Å². The van der Waals surface area contributed by atoms with Gasteiger partial charge in [0.15, 0.2) is 11.6 Å². The number of anilines is 1. The maximum absolute atomic E-state index is 13.2. The molecule has 0 aliphatic rings. The summed E-state index contributed by atoms with van der Waals surface area (Å²) in [7, 11) is 0. The van der Waals surface area contributed by atoms with E-state index in [4.69, 9.17) is 0 Å². The number of hydrogen-bond donors (Lipinski definition) is 2. The Morgan fingerprint density at radius 1 is 1.04 bits per heavy atom. The van der Waals surface area contributed by atoms with E-state index >= 15 is 0 Å². The Kier molecular flexibility index (Phi) is 6.83. The van der Waals surface area contributed by atoms with E-state index in [-0.39, 0.29) is 30.0 Å². The molecule has 2 aromatic rings. The highest BCUT2D eigenvalue weighted by Crippen LogP contribution is 2.27. The van der Waals surface area contributed by atoms with Crippen molar-refractivity contribution < 1.29 is 18.4 Å². The van der Waals surface area contributed by atoms with Crippen molar-refractivity contribution in [3.8, 4) is 0 Å². The molecule has 2 amide bonds. The van der Waals surface area contributed by atoms with Gasteiger partial charge >= 0.3 is 0 Å². The maximum Gasteiger partial charge on any atom is 0.243 e. The first-order chi connectivity index (χ1) is 12.4. The van der Waals surface area contributed by atoms with Crippen LogP contribution in [0.4, 0.5) is 14.5 Å². The first kappa shape index (κ1) is 19.6. The molecule has 138 valence electrons. The highest BCUT2D eigenvalue weighted by atomic mass is 19.2. The Morgan fingerprint density at radius 3 is 2.35 bits per heavy atom. The molecule has 2 rings (SSSR count). The molecule has 4 nitrogen and oxygen atoms in total. The van der Waals surface area contributed by atoms with Crippen LogP contribution >= 0.6 is 0 Å². The summed E-state index contributed by atoms with van der Waals surface area (Å²) in [5.41, 5.74) is 1.02. The van der Waals surface area contributed by atoms with Crippen molar-refractivity contribution in [3.63, 3.8) is 0 Å². The van der Waals surface area contributed by atoms with Crippen LogP contribution in [0.5, 0.6) is 0 Å². The lowest BCUT2D eigenvalue weighted by Crippen LogP contribution is -2.37. The third-order valence-corrected chi connectivity index (χ3v) is 4.28. The molecular formula is C20H22F2N2O2. The number of hydrogen-bond acceptors (Lipinski definition) is 2. The molecule has 6 heteroatoms. The lowest BCUT2D eigenvalue weighted by atomic mass is 9.85. The Morgan fingerprint density at radius 2 is 1.73 bits per heavy atom. The molecular weight excluding hydrogens is 338 g/mol. The van der Waals surface area contributed by atoms with Gasteiger partial charge in [0, 0.05) is 11.8 Å². The van der Waals surface area contributed by atoms with Gasteiger partial charge in [-0.2, -0.15) is 0 Å². The van der Waals surface area contributed by atoms with Crippen LogP contribution in [-0.4, -0.2) is 18.4 Å². The van der Waals surface area contributed by atoms with Crippen molar-refractivity contribution in [1.82, 2.24) is 5.32 Å². The molecule has 2 atom stereocenters. The van der Waals surface area contributed by atoms with Crippen LogP contribution in [0.1, 0.15) is 31.7 Å². The zero-order valence-electron chi connectivity index (χ0n) is 14.8. The second-order valence-corrected chi connectivity index (χ2v) is 6.17. The van der Waals surface area contributed by atoms with Crippen molar-refractivity contribution in [2.45, 2.75) is 26.2 Å². The molecule has 26 heavy (non-hydrogen) atoms. The van der Waals surface area contributed by atoms with E-state index in [2.05, 4.69) is 10.6 Å². The quantitative estimate of drug-likeness (QED) is 0.788. The zero-order chi connectivity index (χ0) is 19.1. The van der Waals surface area contributed by atoms with Crippen molar-refractivity contribution >= 4 is 17.5 Å². The van der Waals surface area contributed by atoms with Crippen LogP contribution in [0.25, 0.3) is 0 Å². The van der Waals surface area contributed by atoms with Gasteiger partial charge < -0.3 is 10.6 Å². The molecule has 0 heterocycles. The van der Waals surface area contributed by atoms with Crippen molar-refractivity contribution in [3.05, 3.63) is 65.7 Å². The standard InChI is InChI=1S/C20H22F2N2O2/c1-3-13(2)19(14-7-5-4-6-8-14)20(26)23-12-18(25)24-15-9-10-16(21)17(22)11-15/h4-11,13,19H,3,12H2,1-2H3,(H,23,26)(H,24,25)/t13-,19+/m1/s1. The van der Waals surface area contributed by atoms with Crippen LogP contribution in [0, 0.1) is 17.6 Å². The molecule has 0 bridgehead atoms. The molecule has 0 saturated carbocycles. The predicted octanol–water partition coefficient (Wildman–Crippen LogP) is 3.85. The topological polar surface area (TPSA) is 58.2 Å². The third kappa shape index (κ3) is 5.12. The average molecular weight is 360 g/mol. The van der Waals surface area contributed by atoms with Crippen LogP contribution < -0.4 is 10.6 Å². The molecule has 0 aliphatic carbocycles. The summed E-state index contributed by atoms with van der Waals surface area (Å²) in [6, 6.07) is 12.5. The number of benzene rings is 2. The fraction of sp³-hybridized carbons (Fsp3) is 0.300. The minimum Gasteiger partial charge on any atom is -0.346 e. The molecule has 0 radical (unpaired) electrons. The molecule has 2 N–H and O–H groups in total. The minimum atomic E-state index is -1.05. The third-order valence-electron chi connectivity index (χ3n) is 4.28. The average Bonchev–Trinajstić information content (AvgIpc) is 2.64. The van der Waals surface area contributed by atoms with Gasteiger partial charge in [-0.25, -0.2) is 8.78 Å². The number of rotatable bonds is 7. The largest absolute Gasteiger partial charge is 0.346 e. The number of nitrogens with one attached hydrogen (secondary N) is 2. The molecule has 2 aromatic carbocycles. The molecule has 0 fully saturated rings. The summed E-state index contributed by atoms with van der Waals surface area (Å²) in [5, 5.41) is 5.05. The van der Waals surface area contributed by atoms with E-state index in [1.54, 1.807) is 0 Å². The minimum absolute atomic E-state index is 0.103. The van der Waals surface area contributed by atoms with Gasteiger partial charge in [0.1, 0.15) is 0 Å². The number of carbonyl (C=O) groups excluding carboxylic acids is 2. The number of amides is 2. The first-order valence-electron chi connectivity index (χ1n) is 8.50. The van der Waals surface area contributed by atoms with E-state index in [1.807, 2.05) is 44.2 Å². The molecule has 0 saturated heterocycles. The Bertz CT molecular complexity index is 766. The highest BCUT2D eigenvalue weighted by Gasteiger charge is 2.25. The molecule has 0 unspecified atom stereocenters. The van der Waals surface area contributed by atoms with Crippen LogP contribution in [0.15, 0.2) is 48.5 Å². The van der Waals surface area contributed by atoms with Gasteiger partial charge in [0.2, 0.25) is 11.8 Å². The smallest absolute Gasteiger partial charge is 0.243 e. The maximum atomic E-state index is 13.2. The molecule has 0 aliphatic heterocycles. The molecule has 0 aromatic heterocycles. The van der Waals surface area contributed by atoms with E-state index < -0.39 is 17.5 Å². The van der Waals surface area contributed by atoms with Gasteiger partial charge in [-0.1, -0.05) is 50.6 Å². The monoisotopic (exact) mass is 360 g/mol. The van der Waals surface area contributed by atoms with Crippen molar-refractivity contribution in [2.24, 2.45) is 5.92 Å². The highest BCUT2D eigenvalue weighted by molar-refractivity contribution is 5.95. The van der Waals surface area contributed by atoms with Crippen LogP contribution in [0.3, 0.4) is 0 Å². The summed E-state index contributed by atoms with van der Waals surface area (Å²) >= 11 is 0. The van der Waals surface area contributed by atoms with E-state index in [0.717, 1.165) is 24.1 Å². The van der Waals surface area contributed by atoms with Gasteiger partial charge in [-0.3, -0.25) is 9.59 Å². The van der Waals surface area contributed by atoms with E-state index in [1.165, 1.54) is 6.07 Å². The molecule has 0 spiro atoms. The van der Waals surface area contributed by atoms with Crippen LogP contribution in [-0.2, 0) is 9.59 Å². The summed E-state index contributed by atoms with van der Waals surface area (Å²) in [5.74, 6) is -3.06. The van der Waals surface area contributed by atoms with Crippen molar-refractivity contribution in [1.29, 1.82) is 0 Å². The van der Waals surface area contributed by atoms with Gasteiger partial charge in [0.05, 0.1) is 12.5 Å².